The number of nitrogens with zero attached hydrogens (tertiary/aromatic N) is 2. The molecule has 1 aromatic rings. The molecule has 1 aliphatic carbocycles. The molecule has 9 heteroatoms. The second kappa shape index (κ2) is 9.94. The highest BCUT2D eigenvalue weighted by atomic mass is 32.2. The first-order chi connectivity index (χ1) is 14.9. The molecule has 0 radical (unpaired) electrons. The van der Waals surface area contributed by atoms with Crippen LogP contribution in [0.2, 0.25) is 0 Å². The molecule has 6 nitrogen and oxygen atoms in total. The van der Waals surface area contributed by atoms with E-state index in [1.165, 1.54) is 6.07 Å². The number of rotatable bonds is 7. The number of fused-ring (bicyclic) bond motifs is 1. The maximum absolute atomic E-state index is 13.2. The van der Waals surface area contributed by atoms with E-state index in [1.54, 1.807) is 22.5 Å². The molecule has 2 aliphatic heterocycles. The maximum Gasteiger partial charge on any atom is 0.387 e. The quantitative estimate of drug-likeness (QED) is 0.630. The summed E-state index contributed by atoms with van der Waals surface area (Å²) in [4.78, 5) is 2.84. The van der Waals surface area contributed by atoms with Crippen molar-refractivity contribution in [2.75, 3.05) is 45.9 Å². The summed E-state index contributed by atoms with van der Waals surface area (Å²) in [6.45, 7) is 2.87. The zero-order valence-corrected chi connectivity index (χ0v) is 18.5. The van der Waals surface area contributed by atoms with Crippen LogP contribution in [0.25, 0.3) is 6.08 Å². The first kappa shape index (κ1) is 22.6. The molecular formula is C22H30F2N2O4S. The Hall–Kier alpha value is -1.55. The monoisotopic (exact) mass is 456 g/mol. The molecule has 31 heavy (non-hydrogen) atoms. The maximum atomic E-state index is 13.2. The minimum Gasteiger partial charge on any atom is -0.435 e. The van der Waals surface area contributed by atoms with Crippen LogP contribution in [0.1, 0.15) is 36.8 Å². The van der Waals surface area contributed by atoms with Gasteiger partial charge in [0.05, 0.1) is 18.1 Å². The fourth-order valence-corrected chi connectivity index (χ4v) is 6.28. The molecule has 0 unspecified atom stereocenters. The number of ether oxygens (including phenoxy) is 2. The highest BCUT2D eigenvalue weighted by molar-refractivity contribution is 7.93. The number of allylic oxidation sites excluding steroid dienone is 1. The van der Waals surface area contributed by atoms with Crippen LogP contribution in [0.15, 0.2) is 23.1 Å². The number of alkyl halides is 2. The van der Waals surface area contributed by atoms with Gasteiger partial charge in [0.2, 0.25) is 10.0 Å². The minimum absolute atomic E-state index is 0.104. The Morgan fingerprint density at radius 3 is 2.55 bits per heavy atom. The number of hydrogen-bond donors (Lipinski definition) is 0. The molecule has 3 aliphatic rings. The Labute approximate surface area is 182 Å². The van der Waals surface area contributed by atoms with Gasteiger partial charge >= 0.3 is 6.61 Å². The van der Waals surface area contributed by atoms with Crippen molar-refractivity contribution < 1.29 is 26.7 Å². The van der Waals surface area contributed by atoms with E-state index in [1.807, 2.05) is 0 Å². The van der Waals surface area contributed by atoms with Crippen molar-refractivity contribution in [2.45, 2.75) is 38.7 Å². The molecular weight excluding hydrogens is 426 g/mol. The van der Waals surface area contributed by atoms with Crippen molar-refractivity contribution in [1.82, 2.24) is 9.21 Å². The van der Waals surface area contributed by atoms with Gasteiger partial charge in [0, 0.05) is 26.2 Å². The van der Waals surface area contributed by atoms with Crippen LogP contribution < -0.4 is 4.74 Å². The highest BCUT2D eigenvalue weighted by Crippen LogP contribution is 2.33. The molecule has 0 atom stereocenters. The molecule has 0 saturated carbocycles. The molecule has 2 fully saturated rings. The predicted octanol–water partition coefficient (Wildman–Crippen LogP) is 3.34. The number of aryl methyl sites for hydroxylation is 1. The molecule has 0 aromatic heterocycles. The topological polar surface area (TPSA) is 59.1 Å². The second-order valence-corrected chi connectivity index (χ2v) is 10.4. The molecule has 1 aromatic carbocycles. The van der Waals surface area contributed by atoms with Gasteiger partial charge in [0.1, 0.15) is 5.75 Å². The van der Waals surface area contributed by atoms with E-state index in [2.05, 4.69) is 9.64 Å². The third-order valence-electron chi connectivity index (χ3n) is 6.50. The Bertz CT molecular complexity index is 893. The van der Waals surface area contributed by atoms with Crippen molar-refractivity contribution in [3.63, 3.8) is 0 Å². The lowest BCUT2D eigenvalue weighted by Gasteiger charge is -2.34. The summed E-state index contributed by atoms with van der Waals surface area (Å²) in [6.07, 6.45) is 5.45. The van der Waals surface area contributed by atoms with Gasteiger partial charge in [-0.25, -0.2) is 8.42 Å². The first-order valence-electron chi connectivity index (χ1n) is 11.0. The van der Waals surface area contributed by atoms with Gasteiger partial charge in [-0.05, 0) is 73.9 Å². The normalized spacial score (nSPS) is 21.7. The third-order valence-corrected chi connectivity index (χ3v) is 8.53. The third kappa shape index (κ3) is 5.63. The Kier molecular flexibility index (Phi) is 7.26. The smallest absolute Gasteiger partial charge is 0.387 e. The second-order valence-electron chi connectivity index (χ2n) is 8.44. The summed E-state index contributed by atoms with van der Waals surface area (Å²) in [5.74, 6) is 0.663. The van der Waals surface area contributed by atoms with E-state index in [-0.39, 0.29) is 5.75 Å². The number of hydrogen-bond acceptors (Lipinski definition) is 5. The average molecular weight is 457 g/mol. The lowest BCUT2D eigenvalue weighted by atomic mass is 9.94. The SMILES string of the molecule is O=S(=O)(C1=Cc2ccc(OC(F)F)cc2CC1)N1CCC(CCN2CCOCC2)CC1. The van der Waals surface area contributed by atoms with Gasteiger partial charge in [0.25, 0.3) is 0 Å². The number of morpholine rings is 1. The van der Waals surface area contributed by atoms with Gasteiger partial charge in [-0.2, -0.15) is 13.1 Å². The molecule has 4 rings (SSSR count). The van der Waals surface area contributed by atoms with Crippen molar-refractivity contribution in [1.29, 1.82) is 0 Å². The average Bonchev–Trinajstić information content (AvgIpc) is 2.78. The van der Waals surface area contributed by atoms with Crippen LogP contribution in [0.5, 0.6) is 5.75 Å². The predicted molar refractivity (Wildman–Crippen MR) is 114 cm³/mol. The highest BCUT2D eigenvalue weighted by Gasteiger charge is 2.32. The Morgan fingerprint density at radius 1 is 1.10 bits per heavy atom. The largest absolute Gasteiger partial charge is 0.435 e. The van der Waals surface area contributed by atoms with Crippen LogP contribution in [0.3, 0.4) is 0 Å². The number of sulfonamides is 1. The molecule has 0 amide bonds. The van der Waals surface area contributed by atoms with Crippen molar-refractivity contribution >= 4 is 16.1 Å². The first-order valence-corrected chi connectivity index (χ1v) is 12.4. The van der Waals surface area contributed by atoms with E-state index in [0.717, 1.165) is 63.2 Å². The van der Waals surface area contributed by atoms with Crippen LogP contribution in [-0.2, 0) is 21.2 Å². The summed E-state index contributed by atoms with van der Waals surface area (Å²) in [6, 6.07) is 4.68. The number of benzene rings is 1. The Balaban J connectivity index is 1.34. The summed E-state index contributed by atoms with van der Waals surface area (Å²) >= 11 is 0. The van der Waals surface area contributed by atoms with Crippen molar-refractivity contribution in [2.24, 2.45) is 5.92 Å². The van der Waals surface area contributed by atoms with Crippen LogP contribution in [-0.4, -0.2) is 70.2 Å². The lowest BCUT2D eigenvalue weighted by molar-refractivity contribution is -0.0498. The summed E-state index contributed by atoms with van der Waals surface area (Å²) in [5, 5.41) is 0. The zero-order valence-electron chi connectivity index (χ0n) is 17.6. The van der Waals surface area contributed by atoms with E-state index < -0.39 is 16.6 Å². The van der Waals surface area contributed by atoms with Crippen molar-refractivity contribution in [3.8, 4) is 5.75 Å². The van der Waals surface area contributed by atoms with Gasteiger partial charge in [-0.3, -0.25) is 4.90 Å². The number of piperidine rings is 1. The van der Waals surface area contributed by atoms with Gasteiger partial charge < -0.3 is 9.47 Å². The molecule has 2 saturated heterocycles. The summed E-state index contributed by atoms with van der Waals surface area (Å²) < 4.78 is 62.7. The summed E-state index contributed by atoms with van der Waals surface area (Å²) in [5.41, 5.74) is 1.59. The van der Waals surface area contributed by atoms with Crippen LogP contribution >= 0.6 is 0 Å². The van der Waals surface area contributed by atoms with Crippen LogP contribution in [0.4, 0.5) is 8.78 Å². The molecule has 0 N–H and O–H groups in total. The molecule has 172 valence electrons. The fraction of sp³-hybridized carbons (Fsp3) is 0.636. The van der Waals surface area contributed by atoms with E-state index in [0.29, 0.717) is 36.8 Å². The molecule has 0 spiro atoms. The standard InChI is InChI=1S/C22H30F2N2O4S/c23-22(24)30-20-3-1-19-16-21(4-2-18(19)15-20)31(27,28)26-9-6-17(7-10-26)5-8-25-11-13-29-14-12-25/h1,3,15-17,22H,2,4-14H2. The molecule has 2 heterocycles. The van der Waals surface area contributed by atoms with Gasteiger partial charge in [-0.1, -0.05) is 6.07 Å². The van der Waals surface area contributed by atoms with E-state index in [9.17, 15) is 17.2 Å². The molecule has 0 bridgehead atoms. The van der Waals surface area contributed by atoms with E-state index >= 15 is 0 Å². The lowest BCUT2D eigenvalue weighted by Crippen LogP contribution is -2.41. The summed E-state index contributed by atoms with van der Waals surface area (Å²) in [7, 11) is -3.50. The zero-order chi connectivity index (χ0) is 21.8. The van der Waals surface area contributed by atoms with Gasteiger partial charge in [0.15, 0.2) is 0 Å². The minimum atomic E-state index is -3.50. The van der Waals surface area contributed by atoms with E-state index in [4.69, 9.17) is 4.74 Å². The number of halogens is 2. The Morgan fingerprint density at radius 2 is 1.84 bits per heavy atom. The van der Waals surface area contributed by atoms with Crippen molar-refractivity contribution in [3.05, 3.63) is 34.2 Å². The van der Waals surface area contributed by atoms with Crippen LogP contribution in [0, 0.1) is 5.92 Å². The van der Waals surface area contributed by atoms with Gasteiger partial charge in [-0.15, -0.1) is 0 Å². The fourth-order valence-electron chi connectivity index (χ4n) is 4.62.